The van der Waals surface area contributed by atoms with Gasteiger partial charge in [0, 0.05) is 0 Å². The number of thiocarbonyl (C=S) groups is 1. The fourth-order valence-electron chi connectivity index (χ4n) is 3.50. The quantitative estimate of drug-likeness (QED) is 0.262. The van der Waals surface area contributed by atoms with Gasteiger partial charge in [0.05, 0.1) is 27.9 Å². The number of thioether (sulfide) groups is 1. The molecule has 1 aliphatic heterocycles. The topological polar surface area (TPSA) is 67.9 Å². The van der Waals surface area contributed by atoms with Crippen LogP contribution in [-0.4, -0.2) is 29.3 Å². The maximum Gasteiger partial charge on any atom is 0.270 e. The zero-order chi connectivity index (χ0) is 25.7. The highest BCUT2D eigenvalue weighted by atomic mass is 35.5. The molecule has 0 saturated carbocycles. The number of halogens is 1. The SMILES string of the molecule is CCOc1cc(/C=C2\SC(=S)N(c3cccc(C)c3)C2=O)ccc1OCC(=O)Nc1ccccc1Cl. The van der Waals surface area contributed by atoms with Gasteiger partial charge in [0.1, 0.15) is 0 Å². The van der Waals surface area contributed by atoms with E-state index in [1.165, 1.54) is 16.7 Å². The third kappa shape index (κ3) is 6.07. The Labute approximate surface area is 224 Å². The van der Waals surface area contributed by atoms with E-state index in [0.717, 1.165) is 16.8 Å². The van der Waals surface area contributed by atoms with E-state index in [0.29, 0.717) is 38.0 Å². The lowest BCUT2D eigenvalue weighted by Crippen LogP contribution is -2.27. The Kier molecular flexibility index (Phi) is 8.30. The predicted molar refractivity (Wildman–Crippen MR) is 150 cm³/mol. The molecule has 1 N–H and O–H groups in total. The van der Waals surface area contributed by atoms with Crippen molar-refractivity contribution < 1.29 is 19.1 Å². The second kappa shape index (κ2) is 11.6. The molecule has 3 aromatic carbocycles. The molecular weight excluding hydrogens is 516 g/mol. The van der Waals surface area contributed by atoms with Gasteiger partial charge in [-0.1, -0.05) is 65.9 Å². The maximum absolute atomic E-state index is 13.1. The fraction of sp³-hybridized carbons (Fsp3) is 0.148. The Balaban J connectivity index is 1.48. The third-order valence-corrected chi connectivity index (χ3v) is 6.76. The van der Waals surface area contributed by atoms with Crippen molar-refractivity contribution in [3.63, 3.8) is 0 Å². The van der Waals surface area contributed by atoms with Crippen molar-refractivity contribution in [2.75, 3.05) is 23.4 Å². The lowest BCUT2D eigenvalue weighted by Gasteiger charge is -2.15. The Morgan fingerprint density at radius 1 is 1.08 bits per heavy atom. The number of anilines is 2. The summed E-state index contributed by atoms with van der Waals surface area (Å²) in [4.78, 5) is 27.5. The van der Waals surface area contributed by atoms with Gasteiger partial charge >= 0.3 is 0 Å². The van der Waals surface area contributed by atoms with E-state index >= 15 is 0 Å². The van der Waals surface area contributed by atoms with Crippen LogP contribution in [0, 0.1) is 6.92 Å². The summed E-state index contributed by atoms with van der Waals surface area (Å²) in [5.74, 6) is 0.348. The second-order valence-corrected chi connectivity index (χ2v) is 9.89. The molecule has 0 radical (unpaired) electrons. The first kappa shape index (κ1) is 25.8. The first-order valence-corrected chi connectivity index (χ1v) is 12.7. The van der Waals surface area contributed by atoms with Gasteiger partial charge in [-0.05, 0) is 67.4 Å². The van der Waals surface area contributed by atoms with E-state index in [2.05, 4.69) is 5.32 Å². The maximum atomic E-state index is 13.1. The summed E-state index contributed by atoms with van der Waals surface area (Å²) < 4.78 is 11.9. The standard InChI is InChI=1S/C27H23ClN2O4S2/c1-3-33-23-14-18(11-12-22(23)34-16-25(31)29-21-10-5-4-9-20(21)28)15-24-26(32)30(27(35)36-24)19-8-6-7-17(2)13-19/h4-15H,3,16H2,1-2H3,(H,29,31)/b24-15-. The lowest BCUT2D eigenvalue weighted by molar-refractivity contribution is -0.118. The zero-order valence-electron chi connectivity index (χ0n) is 19.6. The molecule has 0 bridgehead atoms. The second-order valence-electron chi connectivity index (χ2n) is 7.81. The van der Waals surface area contributed by atoms with E-state index in [4.69, 9.17) is 33.3 Å². The summed E-state index contributed by atoms with van der Waals surface area (Å²) in [7, 11) is 0. The van der Waals surface area contributed by atoms with Crippen LogP contribution in [0.15, 0.2) is 71.6 Å². The normalized spacial score (nSPS) is 14.3. The summed E-state index contributed by atoms with van der Waals surface area (Å²) in [6, 6.07) is 19.9. The average molecular weight is 539 g/mol. The molecule has 0 aliphatic carbocycles. The largest absolute Gasteiger partial charge is 0.490 e. The van der Waals surface area contributed by atoms with Crippen molar-refractivity contribution in [3.8, 4) is 11.5 Å². The van der Waals surface area contributed by atoms with E-state index in [-0.39, 0.29) is 18.4 Å². The van der Waals surface area contributed by atoms with Crippen LogP contribution in [0.25, 0.3) is 6.08 Å². The van der Waals surface area contributed by atoms with Gasteiger partial charge in [-0.3, -0.25) is 14.5 Å². The molecule has 1 heterocycles. The number of hydrogen-bond acceptors (Lipinski definition) is 6. The molecule has 1 aliphatic rings. The lowest BCUT2D eigenvalue weighted by atomic mass is 10.1. The van der Waals surface area contributed by atoms with Gasteiger partial charge in [0.2, 0.25) is 0 Å². The molecule has 1 saturated heterocycles. The molecule has 6 nitrogen and oxygen atoms in total. The number of benzene rings is 3. The minimum Gasteiger partial charge on any atom is -0.490 e. The molecule has 0 atom stereocenters. The molecule has 1 fully saturated rings. The summed E-state index contributed by atoms with van der Waals surface area (Å²) in [5.41, 5.74) is 3.05. The minimum absolute atomic E-state index is 0.176. The monoisotopic (exact) mass is 538 g/mol. The number of amides is 2. The average Bonchev–Trinajstić information content (AvgIpc) is 3.12. The molecule has 0 spiro atoms. The number of rotatable bonds is 8. The number of para-hydroxylation sites is 1. The van der Waals surface area contributed by atoms with Gasteiger partial charge < -0.3 is 14.8 Å². The van der Waals surface area contributed by atoms with E-state index in [9.17, 15) is 9.59 Å². The van der Waals surface area contributed by atoms with Crippen LogP contribution in [-0.2, 0) is 9.59 Å². The van der Waals surface area contributed by atoms with Crippen LogP contribution in [0.1, 0.15) is 18.1 Å². The van der Waals surface area contributed by atoms with Gasteiger partial charge in [-0.15, -0.1) is 0 Å². The van der Waals surface area contributed by atoms with Crippen molar-refractivity contribution >= 4 is 69.2 Å². The fourth-order valence-corrected chi connectivity index (χ4v) is 4.98. The Morgan fingerprint density at radius 2 is 1.89 bits per heavy atom. The number of hydrogen-bond donors (Lipinski definition) is 1. The van der Waals surface area contributed by atoms with Crippen LogP contribution < -0.4 is 19.7 Å². The Morgan fingerprint density at radius 3 is 2.64 bits per heavy atom. The van der Waals surface area contributed by atoms with Crippen molar-refractivity contribution in [1.29, 1.82) is 0 Å². The van der Waals surface area contributed by atoms with Crippen LogP contribution in [0.3, 0.4) is 0 Å². The highest BCUT2D eigenvalue weighted by Gasteiger charge is 2.33. The smallest absolute Gasteiger partial charge is 0.270 e. The molecule has 184 valence electrons. The van der Waals surface area contributed by atoms with E-state index in [1.54, 1.807) is 48.5 Å². The molecule has 9 heteroatoms. The molecular formula is C27H23ClN2O4S2. The molecule has 2 amide bonds. The Hall–Kier alpha value is -3.33. The Bertz CT molecular complexity index is 1360. The van der Waals surface area contributed by atoms with E-state index in [1.807, 2.05) is 38.1 Å². The summed E-state index contributed by atoms with van der Waals surface area (Å²) in [6.07, 6.45) is 1.77. The molecule has 4 rings (SSSR count). The number of carbonyl (C=O) groups is 2. The van der Waals surface area contributed by atoms with Crippen molar-refractivity contribution in [2.24, 2.45) is 0 Å². The zero-order valence-corrected chi connectivity index (χ0v) is 22.0. The number of aryl methyl sites for hydroxylation is 1. The predicted octanol–water partition coefficient (Wildman–Crippen LogP) is 6.47. The number of nitrogens with zero attached hydrogens (tertiary/aromatic N) is 1. The highest BCUT2D eigenvalue weighted by molar-refractivity contribution is 8.27. The summed E-state index contributed by atoms with van der Waals surface area (Å²) in [6.45, 7) is 4.00. The van der Waals surface area contributed by atoms with Gasteiger partial charge in [-0.25, -0.2) is 0 Å². The summed E-state index contributed by atoms with van der Waals surface area (Å²) >= 11 is 12.8. The highest BCUT2D eigenvalue weighted by Crippen LogP contribution is 2.37. The minimum atomic E-state index is -0.352. The van der Waals surface area contributed by atoms with E-state index < -0.39 is 0 Å². The number of carbonyl (C=O) groups excluding carboxylic acids is 2. The van der Waals surface area contributed by atoms with Gasteiger partial charge in [0.25, 0.3) is 11.8 Å². The molecule has 3 aromatic rings. The summed E-state index contributed by atoms with van der Waals surface area (Å²) in [5, 5.41) is 3.16. The molecule has 36 heavy (non-hydrogen) atoms. The van der Waals surface area contributed by atoms with Crippen LogP contribution in [0.4, 0.5) is 11.4 Å². The third-order valence-electron chi connectivity index (χ3n) is 5.13. The van der Waals surface area contributed by atoms with Crippen LogP contribution in [0.5, 0.6) is 11.5 Å². The molecule has 0 aromatic heterocycles. The first-order valence-electron chi connectivity index (χ1n) is 11.1. The van der Waals surface area contributed by atoms with Gasteiger partial charge in [0.15, 0.2) is 22.4 Å². The van der Waals surface area contributed by atoms with Crippen LogP contribution >= 0.6 is 35.6 Å². The van der Waals surface area contributed by atoms with Crippen molar-refractivity contribution in [2.45, 2.75) is 13.8 Å². The van der Waals surface area contributed by atoms with Crippen LogP contribution in [0.2, 0.25) is 5.02 Å². The first-order chi connectivity index (χ1) is 17.4. The molecule has 0 unspecified atom stereocenters. The number of ether oxygens (including phenoxy) is 2. The number of nitrogens with one attached hydrogen (secondary N) is 1. The van der Waals surface area contributed by atoms with Gasteiger partial charge in [-0.2, -0.15) is 0 Å². The van der Waals surface area contributed by atoms with Crippen molar-refractivity contribution in [3.05, 3.63) is 87.8 Å². The van der Waals surface area contributed by atoms with Crippen molar-refractivity contribution in [1.82, 2.24) is 0 Å².